The fourth-order valence-corrected chi connectivity index (χ4v) is 2.24. The van der Waals surface area contributed by atoms with E-state index in [1.807, 2.05) is 24.4 Å². The van der Waals surface area contributed by atoms with E-state index in [9.17, 15) is 0 Å². The molecule has 0 amide bonds. The highest BCUT2D eigenvalue weighted by molar-refractivity contribution is 9.10. The van der Waals surface area contributed by atoms with Crippen LogP contribution in [0.1, 0.15) is 5.56 Å². The lowest BCUT2D eigenvalue weighted by molar-refractivity contribution is 0.269. The van der Waals surface area contributed by atoms with E-state index in [1.54, 1.807) is 18.0 Å². The molecule has 1 heterocycles. The summed E-state index contributed by atoms with van der Waals surface area (Å²) in [6.07, 6.45) is 3.71. The van der Waals surface area contributed by atoms with E-state index in [2.05, 4.69) is 26.3 Å². The van der Waals surface area contributed by atoms with E-state index in [1.165, 1.54) is 0 Å². The molecule has 102 valence electrons. The minimum atomic E-state index is 0.0972. The average Bonchev–Trinajstić information content (AvgIpc) is 2.85. The number of hydrogen-bond donors (Lipinski definition) is 2. The highest BCUT2D eigenvalue weighted by Crippen LogP contribution is 2.27. The molecule has 0 aliphatic rings. The summed E-state index contributed by atoms with van der Waals surface area (Å²) in [6, 6.07) is 5.83. The van der Waals surface area contributed by atoms with Crippen molar-refractivity contribution in [2.24, 2.45) is 0 Å². The zero-order valence-corrected chi connectivity index (χ0v) is 12.2. The van der Waals surface area contributed by atoms with Crippen molar-refractivity contribution in [2.45, 2.75) is 13.1 Å². The van der Waals surface area contributed by atoms with Gasteiger partial charge in [-0.3, -0.25) is 4.68 Å². The SMILES string of the molecule is COc1ccc(NCc2cnn(CCO)c2)cc1Br. The molecule has 1 aromatic carbocycles. The van der Waals surface area contributed by atoms with Crippen LogP contribution in [0.5, 0.6) is 5.75 Å². The molecule has 19 heavy (non-hydrogen) atoms. The normalized spacial score (nSPS) is 10.5. The summed E-state index contributed by atoms with van der Waals surface area (Å²) in [6.45, 7) is 1.30. The van der Waals surface area contributed by atoms with Crippen molar-refractivity contribution in [3.8, 4) is 5.75 Å². The summed E-state index contributed by atoms with van der Waals surface area (Å²) in [5.41, 5.74) is 2.07. The minimum Gasteiger partial charge on any atom is -0.496 e. The smallest absolute Gasteiger partial charge is 0.133 e. The van der Waals surface area contributed by atoms with Crippen LogP contribution in [0.2, 0.25) is 0 Å². The molecular formula is C13H16BrN3O2. The van der Waals surface area contributed by atoms with Crippen molar-refractivity contribution in [2.75, 3.05) is 19.0 Å². The highest BCUT2D eigenvalue weighted by Gasteiger charge is 2.02. The lowest BCUT2D eigenvalue weighted by Gasteiger charge is -2.08. The number of hydrogen-bond acceptors (Lipinski definition) is 4. The first kappa shape index (κ1) is 13.9. The monoisotopic (exact) mass is 325 g/mol. The Bertz CT molecular complexity index is 542. The van der Waals surface area contributed by atoms with Gasteiger partial charge in [-0.05, 0) is 34.1 Å². The molecule has 6 heteroatoms. The van der Waals surface area contributed by atoms with Crippen molar-refractivity contribution in [3.05, 3.63) is 40.6 Å². The van der Waals surface area contributed by atoms with E-state index < -0.39 is 0 Å². The number of anilines is 1. The summed E-state index contributed by atoms with van der Waals surface area (Å²) < 4.78 is 7.82. The number of halogens is 1. The van der Waals surface area contributed by atoms with E-state index in [0.717, 1.165) is 21.5 Å². The Morgan fingerprint density at radius 1 is 1.47 bits per heavy atom. The molecular weight excluding hydrogens is 310 g/mol. The fraction of sp³-hybridized carbons (Fsp3) is 0.308. The first-order valence-electron chi connectivity index (χ1n) is 5.92. The van der Waals surface area contributed by atoms with Crippen molar-refractivity contribution < 1.29 is 9.84 Å². The van der Waals surface area contributed by atoms with E-state index in [-0.39, 0.29) is 6.61 Å². The quantitative estimate of drug-likeness (QED) is 0.855. The van der Waals surface area contributed by atoms with Crippen molar-refractivity contribution in [1.29, 1.82) is 0 Å². The number of ether oxygens (including phenoxy) is 1. The number of nitrogens with one attached hydrogen (secondary N) is 1. The molecule has 0 radical (unpaired) electrons. The molecule has 0 fully saturated rings. The topological polar surface area (TPSA) is 59.3 Å². The molecule has 2 aromatic rings. The predicted octanol–water partition coefficient (Wildman–Crippen LogP) is 2.26. The van der Waals surface area contributed by atoms with E-state index in [4.69, 9.17) is 9.84 Å². The van der Waals surface area contributed by atoms with Crippen LogP contribution in [0.25, 0.3) is 0 Å². The molecule has 5 nitrogen and oxygen atoms in total. The molecule has 0 aliphatic heterocycles. The third kappa shape index (κ3) is 3.71. The number of aliphatic hydroxyl groups is 1. The average molecular weight is 326 g/mol. The first-order chi connectivity index (χ1) is 9.22. The van der Waals surface area contributed by atoms with Crippen molar-refractivity contribution in [1.82, 2.24) is 9.78 Å². The van der Waals surface area contributed by atoms with Crippen LogP contribution in [-0.2, 0) is 13.1 Å². The third-order valence-corrected chi connectivity index (χ3v) is 3.28. The van der Waals surface area contributed by atoms with Gasteiger partial charge in [0, 0.05) is 24.0 Å². The summed E-state index contributed by atoms with van der Waals surface area (Å²) in [4.78, 5) is 0. The number of benzene rings is 1. The Morgan fingerprint density at radius 2 is 2.32 bits per heavy atom. The molecule has 0 saturated carbocycles. The summed E-state index contributed by atoms with van der Waals surface area (Å²) in [7, 11) is 1.64. The molecule has 1 aromatic heterocycles. The summed E-state index contributed by atoms with van der Waals surface area (Å²) >= 11 is 3.45. The van der Waals surface area contributed by atoms with Crippen LogP contribution in [-0.4, -0.2) is 28.6 Å². The van der Waals surface area contributed by atoms with E-state index in [0.29, 0.717) is 13.1 Å². The maximum Gasteiger partial charge on any atom is 0.133 e. The maximum absolute atomic E-state index is 8.82. The Morgan fingerprint density at radius 3 is 3.00 bits per heavy atom. The largest absolute Gasteiger partial charge is 0.496 e. The number of aliphatic hydroxyl groups excluding tert-OH is 1. The number of nitrogens with zero attached hydrogens (tertiary/aromatic N) is 2. The number of methoxy groups -OCH3 is 1. The summed E-state index contributed by atoms with van der Waals surface area (Å²) in [5.74, 6) is 0.807. The van der Waals surface area contributed by atoms with Gasteiger partial charge in [0.05, 0.1) is 30.9 Å². The van der Waals surface area contributed by atoms with Gasteiger partial charge in [-0.25, -0.2) is 0 Å². The van der Waals surface area contributed by atoms with Gasteiger partial charge in [-0.1, -0.05) is 0 Å². The molecule has 2 rings (SSSR count). The second-order valence-electron chi connectivity index (χ2n) is 4.04. The molecule has 0 spiro atoms. The van der Waals surface area contributed by atoms with Crippen LogP contribution in [0.4, 0.5) is 5.69 Å². The second-order valence-corrected chi connectivity index (χ2v) is 4.89. The lowest BCUT2D eigenvalue weighted by atomic mass is 10.3. The minimum absolute atomic E-state index is 0.0972. The maximum atomic E-state index is 8.82. The van der Waals surface area contributed by atoms with Crippen LogP contribution < -0.4 is 10.1 Å². The van der Waals surface area contributed by atoms with E-state index >= 15 is 0 Å². The second kappa shape index (κ2) is 6.58. The van der Waals surface area contributed by atoms with Crippen LogP contribution in [0, 0.1) is 0 Å². The molecule has 2 N–H and O–H groups in total. The Hall–Kier alpha value is -1.53. The fourth-order valence-electron chi connectivity index (χ4n) is 1.70. The Kier molecular flexibility index (Phi) is 4.81. The Balaban J connectivity index is 1.95. The summed E-state index contributed by atoms with van der Waals surface area (Å²) in [5, 5.41) is 16.3. The third-order valence-electron chi connectivity index (χ3n) is 2.66. The number of aromatic nitrogens is 2. The van der Waals surface area contributed by atoms with Gasteiger partial charge in [-0.15, -0.1) is 0 Å². The molecule has 0 atom stereocenters. The molecule has 0 unspecified atom stereocenters. The molecule has 0 saturated heterocycles. The predicted molar refractivity (Wildman–Crippen MR) is 77.3 cm³/mol. The van der Waals surface area contributed by atoms with Gasteiger partial charge in [-0.2, -0.15) is 5.10 Å². The number of rotatable bonds is 6. The van der Waals surface area contributed by atoms with Gasteiger partial charge in [0.1, 0.15) is 5.75 Å². The lowest BCUT2D eigenvalue weighted by Crippen LogP contribution is -2.02. The van der Waals surface area contributed by atoms with Gasteiger partial charge in [0.15, 0.2) is 0 Å². The zero-order chi connectivity index (χ0) is 13.7. The van der Waals surface area contributed by atoms with Crippen molar-refractivity contribution in [3.63, 3.8) is 0 Å². The molecule has 0 aliphatic carbocycles. The van der Waals surface area contributed by atoms with Crippen LogP contribution in [0.15, 0.2) is 35.1 Å². The van der Waals surface area contributed by atoms with Gasteiger partial charge in [0.25, 0.3) is 0 Å². The first-order valence-corrected chi connectivity index (χ1v) is 6.72. The van der Waals surface area contributed by atoms with Crippen LogP contribution >= 0.6 is 15.9 Å². The van der Waals surface area contributed by atoms with Gasteiger partial charge < -0.3 is 15.2 Å². The Labute approximate surface area is 120 Å². The van der Waals surface area contributed by atoms with Gasteiger partial charge >= 0.3 is 0 Å². The highest BCUT2D eigenvalue weighted by atomic mass is 79.9. The standard InChI is InChI=1S/C13H16BrN3O2/c1-19-13-3-2-11(6-12(13)14)15-7-10-8-16-17(9-10)4-5-18/h2-3,6,8-9,15,18H,4-5,7H2,1H3. The van der Waals surface area contributed by atoms with Gasteiger partial charge in [0.2, 0.25) is 0 Å². The van der Waals surface area contributed by atoms with Crippen molar-refractivity contribution >= 4 is 21.6 Å². The van der Waals surface area contributed by atoms with Crippen LogP contribution in [0.3, 0.4) is 0 Å². The zero-order valence-electron chi connectivity index (χ0n) is 10.6. The molecule has 0 bridgehead atoms.